The van der Waals surface area contributed by atoms with Crippen molar-refractivity contribution in [3.05, 3.63) is 42.1 Å². The molecule has 0 radical (unpaired) electrons. The molecule has 2 aromatic heterocycles. The molecule has 2 unspecified atom stereocenters. The molecule has 1 saturated heterocycles. The lowest BCUT2D eigenvalue weighted by molar-refractivity contribution is -0.163. The van der Waals surface area contributed by atoms with Gasteiger partial charge < -0.3 is 14.5 Å². The minimum absolute atomic E-state index is 0.0845. The van der Waals surface area contributed by atoms with Gasteiger partial charge in [0.05, 0.1) is 23.3 Å². The molecule has 11 heteroatoms. The average Bonchev–Trinajstić information content (AvgIpc) is 3.44. The van der Waals surface area contributed by atoms with E-state index < -0.39 is 29.9 Å². The van der Waals surface area contributed by atoms with E-state index in [1.165, 1.54) is 0 Å². The Hall–Kier alpha value is -3.76. The van der Waals surface area contributed by atoms with Crippen molar-refractivity contribution in [1.82, 2.24) is 15.0 Å². The number of aromatic nitrogens is 3. The quantitative estimate of drug-likeness (QED) is 0.560. The van der Waals surface area contributed by atoms with E-state index in [-0.39, 0.29) is 31.8 Å². The Bertz CT molecular complexity index is 1290. The smallest absolute Gasteiger partial charge is 0.456 e. The van der Waals surface area contributed by atoms with E-state index in [2.05, 4.69) is 19.9 Å². The number of aliphatic imine (C=N–C) groups is 1. The first kappa shape index (κ1) is 22.1. The number of carbonyl (C=O) groups excluding carboxylic acids is 2. The summed E-state index contributed by atoms with van der Waals surface area (Å²) >= 11 is 0. The van der Waals surface area contributed by atoms with E-state index >= 15 is 0 Å². The molecule has 2 aliphatic rings. The standard InChI is InChI=1S/C23H19F3N4O4/c24-23(25,26)21(32)14-5-4-12(11-28-14)33-19-10-17-16(9-13(19)18-6-7-20(31)34-18)29-22(30-17)15-3-1-2-8-27-15/h1-3,8-10,12,18H,4-7,11H2,(H,29,30). The summed E-state index contributed by atoms with van der Waals surface area (Å²) in [5, 5.41) is 0. The molecule has 0 saturated carbocycles. The first-order valence-electron chi connectivity index (χ1n) is 10.7. The predicted molar refractivity (Wildman–Crippen MR) is 114 cm³/mol. The van der Waals surface area contributed by atoms with Crippen LogP contribution < -0.4 is 4.74 Å². The van der Waals surface area contributed by atoms with Gasteiger partial charge in [-0.1, -0.05) is 6.07 Å². The van der Waals surface area contributed by atoms with Crippen LogP contribution in [0.25, 0.3) is 22.6 Å². The third-order valence-electron chi connectivity index (χ3n) is 5.75. The number of hydrogen-bond donors (Lipinski definition) is 1. The highest BCUT2D eigenvalue weighted by Gasteiger charge is 2.42. The van der Waals surface area contributed by atoms with Gasteiger partial charge in [0.1, 0.15) is 23.7 Å². The number of nitrogens with zero attached hydrogens (tertiary/aromatic N) is 3. The fourth-order valence-corrected chi connectivity index (χ4v) is 4.08. The SMILES string of the molecule is O=C1CCC(c2cc3[nH]c(-c4ccccn4)nc3cc2OC2CCC(C(=O)C(F)(F)F)=NC2)O1. The second-order valence-electron chi connectivity index (χ2n) is 8.12. The van der Waals surface area contributed by atoms with Gasteiger partial charge in [-0.2, -0.15) is 13.2 Å². The van der Waals surface area contributed by atoms with Crippen LogP contribution in [0.5, 0.6) is 5.75 Å². The number of carbonyl (C=O) groups is 2. The van der Waals surface area contributed by atoms with Crippen molar-refractivity contribution in [3.63, 3.8) is 0 Å². The van der Waals surface area contributed by atoms with Gasteiger partial charge in [-0.25, -0.2) is 4.98 Å². The molecule has 0 spiro atoms. The number of nitrogens with one attached hydrogen (secondary N) is 1. The van der Waals surface area contributed by atoms with E-state index in [1.807, 2.05) is 12.1 Å². The summed E-state index contributed by atoms with van der Waals surface area (Å²) in [6.45, 7) is -0.0845. The molecule has 2 aliphatic heterocycles. The van der Waals surface area contributed by atoms with Crippen molar-refractivity contribution in [1.29, 1.82) is 0 Å². The zero-order valence-corrected chi connectivity index (χ0v) is 17.8. The number of rotatable bonds is 5. The van der Waals surface area contributed by atoms with E-state index in [1.54, 1.807) is 24.4 Å². The number of hydrogen-bond acceptors (Lipinski definition) is 7. The number of esters is 1. The van der Waals surface area contributed by atoms with Crippen molar-refractivity contribution in [2.75, 3.05) is 6.54 Å². The van der Waals surface area contributed by atoms with Crippen LogP contribution in [0.1, 0.15) is 37.4 Å². The zero-order valence-electron chi connectivity index (χ0n) is 17.8. The first-order chi connectivity index (χ1) is 16.3. The van der Waals surface area contributed by atoms with Crippen LogP contribution in [0, 0.1) is 0 Å². The molecule has 176 valence electrons. The molecule has 2 atom stereocenters. The summed E-state index contributed by atoms with van der Waals surface area (Å²) in [6.07, 6.45) is -3.51. The number of imidazole rings is 1. The van der Waals surface area contributed by atoms with Gasteiger partial charge >= 0.3 is 12.1 Å². The number of benzene rings is 1. The van der Waals surface area contributed by atoms with Crippen LogP contribution >= 0.6 is 0 Å². The Labute approximate surface area is 191 Å². The second-order valence-corrected chi connectivity index (χ2v) is 8.12. The molecular weight excluding hydrogens is 453 g/mol. The molecule has 4 heterocycles. The highest BCUT2D eigenvalue weighted by atomic mass is 19.4. The van der Waals surface area contributed by atoms with Gasteiger partial charge in [-0.05, 0) is 37.5 Å². The van der Waals surface area contributed by atoms with Crippen molar-refractivity contribution < 1.29 is 32.2 Å². The van der Waals surface area contributed by atoms with Gasteiger partial charge in [0.25, 0.3) is 5.78 Å². The summed E-state index contributed by atoms with van der Waals surface area (Å²) in [5.74, 6) is -1.26. The number of Topliss-reactive ketones (excluding diaryl/α,β-unsaturated/α-hetero) is 1. The lowest BCUT2D eigenvalue weighted by atomic mass is 10.0. The maximum atomic E-state index is 12.7. The number of ether oxygens (including phenoxy) is 2. The molecular formula is C23H19F3N4O4. The van der Waals surface area contributed by atoms with Crippen LogP contribution in [-0.2, 0) is 14.3 Å². The monoisotopic (exact) mass is 472 g/mol. The fraction of sp³-hybridized carbons (Fsp3) is 0.348. The molecule has 8 nitrogen and oxygen atoms in total. The highest BCUT2D eigenvalue weighted by Crippen LogP contribution is 2.39. The van der Waals surface area contributed by atoms with Gasteiger partial charge in [0.15, 0.2) is 5.82 Å². The number of H-pyrrole nitrogens is 1. The predicted octanol–water partition coefficient (Wildman–Crippen LogP) is 4.12. The second kappa shape index (κ2) is 8.54. The lowest BCUT2D eigenvalue weighted by Crippen LogP contribution is -2.36. The fourth-order valence-electron chi connectivity index (χ4n) is 4.08. The normalized spacial score (nSPS) is 20.8. The van der Waals surface area contributed by atoms with Crippen molar-refractivity contribution >= 4 is 28.5 Å². The third-order valence-corrected chi connectivity index (χ3v) is 5.75. The van der Waals surface area contributed by atoms with Crippen molar-refractivity contribution in [2.24, 2.45) is 4.99 Å². The lowest BCUT2D eigenvalue weighted by Gasteiger charge is -2.24. The number of fused-ring (bicyclic) bond motifs is 1. The maximum Gasteiger partial charge on any atom is 0.456 e. The molecule has 0 bridgehead atoms. The first-order valence-corrected chi connectivity index (χ1v) is 10.7. The number of halogens is 3. The van der Waals surface area contributed by atoms with Gasteiger partial charge in [0, 0.05) is 24.2 Å². The Morgan fingerprint density at radius 3 is 2.68 bits per heavy atom. The summed E-state index contributed by atoms with van der Waals surface area (Å²) in [5.41, 5.74) is 2.09. The van der Waals surface area contributed by atoms with Crippen LogP contribution in [-0.4, -0.2) is 51.2 Å². The third kappa shape index (κ3) is 4.37. The Morgan fingerprint density at radius 2 is 2.03 bits per heavy atom. The van der Waals surface area contributed by atoms with Gasteiger partial charge in [-0.3, -0.25) is 19.6 Å². The van der Waals surface area contributed by atoms with Crippen LogP contribution in [0.4, 0.5) is 13.2 Å². The summed E-state index contributed by atoms with van der Waals surface area (Å²) in [7, 11) is 0. The van der Waals surface area contributed by atoms with E-state index in [0.29, 0.717) is 40.3 Å². The van der Waals surface area contributed by atoms with Crippen LogP contribution in [0.15, 0.2) is 41.5 Å². The number of alkyl halides is 3. The molecule has 5 rings (SSSR count). The summed E-state index contributed by atoms with van der Waals surface area (Å²) in [6, 6.07) is 8.96. The number of aromatic amines is 1. The summed E-state index contributed by atoms with van der Waals surface area (Å²) < 4.78 is 49.6. The number of pyridine rings is 1. The molecule has 0 amide bonds. The van der Waals surface area contributed by atoms with E-state index in [4.69, 9.17) is 9.47 Å². The topological polar surface area (TPSA) is 107 Å². The highest BCUT2D eigenvalue weighted by molar-refractivity contribution is 6.42. The Balaban J connectivity index is 1.45. The zero-order chi connectivity index (χ0) is 23.9. The van der Waals surface area contributed by atoms with Crippen LogP contribution in [0.3, 0.4) is 0 Å². The molecule has 0 aliphatic carbocycles. The number of ketones is 1. The Morgan fingerprint density at radius 1 is 1.18 bits per heavy atom. The van der Waals surface area contributed by atoms with E-state index in [9.17, 15) is 22.8 Å². The van der Waals surface area contributed by atoms with E-state index in [0.717, 1.165) is 0 Å². The largest absolute Gasteiger partial charge is 0.488 e. The average molecular weight is 472 g/mol. The number of cyclic esters (lactones) is 1. The molecule has 1 N–H and O–H groups in total. The minimum Gasteiger partial charge on any atom is -0.488 e. The maximum absolute atomic E-state index is 12.7. The molecule has 34 heavy (non-hydrogen) atoms. The van der Waals surface area contributed by atoms with Crippen molar-refractivity contribution in [3.8, 4) is 17.3 Å². The molecule has 1 aromatic carbocycles. The summed E-state index contributed by atoms with van der Waals surface area (Å²) in [4.78, 5) is 39.1. The molecule has 1 fully saturated rings. The Kier molecular flexibility index (Phi) is 5.54. The van der Waals surface area contributed by atoms with Gasteiger partial charge in [0.2, 0.25) is 0 Å². The molecule has 3 aromatic rings. The minimum atomic E-state index is -4.94. The van der Waals surface area contributed by atoms with Gasteiger partial charge in [-0.15, -0.1) is 0 Å². The van der Waals surface area contributed by atoms with Crippen LogP contribution in [0.2, 0.25) is 0 Å². The van der Waals surface area contributed by atoms with Crippen molar-refractivity contribution in [2.45, 2.75) is 44.1 Å².